The Balaban J connectivity index is 1.14. The Labute approximate surface area is 172 Å². The molecule has 0 radical (unpaired) electrons. The molecule has 1 saturated heterocycles. The first kappa shape index (κ1) is 19.6. The van der Waals surface area contributed by atoms with Crippen molar-refractivity contribution in [3.63, 3.8) is 0 Å². The number of piperidine rings is 1. The lowest BCUT2D eigenvalue weighted by Crippen LogP contribution is -2.49. The van der Waals surface area contributed by atoms with E-state index in [1.807, 2.05) is 18.2 Å². The number of hydrogen-bond acceptors (Lipinski definition) is 7. The lowest BCUT2D eigenvalue weighted by atomic mass is 10.1. The third-order valence-corrected chi connectivity index (χ3v) is 4.88. The van der Waals surface area contributed by atoms with Gasteiger partial charge in [-0.05, 0) is 25.0 Å². The topological polar surface area (TPSA) is 141 Å². The molecule has 1 aliphatic heterocycles. The van der Waals surface area contributed by atoms with Crippen LogP contribution in [0.1, 0.15) is 23.5 Å². The molecular weight excluding hydrogens is 386 g/mol. The van der Waals surface area contributed by atoms with Crippen molar-refractivity contribution >= 4 is 28.9 Å². The van der Waals surface area contributed by atoms with E-state index in [9.17, 15) is 9.59 Å². The van der Waals surface area contributed by atoms with E-state index in [1.165, 1.54) is 12.5 Å². The van der Waals surface area contributed by atoms with Crippen molar-refractivity contribution in [3.8, 4) is 0 Å². The van der Waals surface area contributed by atoms with Crippen LogP contribution < -0.4 is 20.9 Å². The molecule has 3 aromatic rings. The van der Waals surface area contributed by atoms with E-state index in [0.717, 1.165) is 31.7 Å². The first-order valence-electron chi connectivity index (χ1n) is 9.84. The Morgan fingerprint density at radius 3 is 2.73 bits per heavy atom. The quantitative estimate of drug-likeness (QED) is 0.433. The zero-order valence-electron chi connectivity index (χ0n) is 16.3. The SMILES string of the molecule is O=C(NCCNC(=O)c1ncc2[nH]cnc2n1)NC1CCN(c2ccccn2)CC1. The Morgan fingerprint density at radius 1 is 1.10 bits per heavy atom. The summed E-state index contributed by atoms with van der Waals surface area (Å²) in [6.45, 7) is 2.26. The standard InChI is InChI=1S/C19H23N9O2/c29-18(17-23-11-14-16(27-17)25-12-24-14)21-7-8-22-19(30)26-13-4-9-28(10-5-13)15-3-1-2-6-20-15/h1-3,6,11-13H,4-5,7-10H2,(H,21,29)(H2,22,26,30)(H,23,24,25,27). The van der Waals surface area contributed by atoms with Gasteiger partial charge < -0.3 is 25.8 Å². The molecule has 1 fully saturated rings. The summed E-state index contributed by atoms with van der Waals surface area (Å²) < 4.78 is 0. The van der Waals surface area contributed by atoms with Gasteiger partial charge in [-0.3, -0.25) is 4.79 Å². The Hall–Kier alpha value is -3.76. The molecule has 11 heteroatoms. The molecule has 0 unspecified atom stereocenters. The number of H-pyrrole nitrogens is 1. The molecule has 0 spiro atoms. The maximum Gasteiger partial charge on any atom is 0.315 e. The molecular formula is C19H23N9O2. The fraction of sp³-hybridized carbons (Fsp3) is 0.368. The number of rotatable bonds is 6. The van der Waals surface area contributed by atoms with Crippen LogP contribution in [0.25, 0.3) is 11.2 Å². The molecule has 4 N–H and O–H groups in total. The van der Waals surface area contributed by atoms with Crippen molar-refractivity contribution in [2.75, 3.05) is 31.1 Å². The molecule has 0 atom stereocenters. The van der Waals surface area contributed by atoms with Crippen LogP contribution in [-0.2, 0) is 0 Å². The van der Waals surface area contributed by atoms with Gasteiger partial charge in [-0.15, -0.1) is 0 Å². The van der Waals surface area contributed by atoms with Crippen LogP contribution in [0.15, 0.2) is 36.9 Å². The van der Waals surface area contributed by atoms with Crippen LogP contribution >= 0.6 is 0 Å². The number of pyridine rings is 1. The number of aromatic amines is 1. The average Bonchev–Trinajstić information content (AvgIpc) is 3.26. The summed E-state index contributed by atoms with van der Waals surface area (Å²) in [4.78, 5) is 45.7. The molecule has 0 bridgehead atoms. The molecule has 3 amide bonds. The van der Waals surface area contributed by atoms with Crippen LogP contribution in [0.5, 0.6) is 0 Å². The summed E-state index contributed by atoms with van der Waals surface area (Å²) in [7, 11) is 0. The Bertz CT molecular complexity index is 999. The van der Waals surface area contributed by atoms with Gasteiger partial charge in [0.1, 0.15) is 11.3 Å². The lowest BCUT2D eigenvalue weighted by Gasteiger charge is -2.33. The van der Waals surface area contributed by atoms with Gasteiger partial charge in [0.05, 0.1) is 12.5 Å². The Morgan fingerprint density at radius 2 is 1.93 bits per heavy atom. The molecule has 0 aliphatic carbocycles. The van der Waals surface area contributed by atoms with Gasteiger partial charge in [-0.2, -0.15) is 0 Å². The molecule has 11 nitrogen and oxygen atoms in total. The van der Waals surface area contributed by atoms with Crippen LogP contribution in [0, 0.1) is 0 Å². The fourth-order valence-corrected chi connectivity index (χ4v) is 3.31. The van der Waals surface area contributed by atoms with Crippen LogP contribution in [0.3, 0.4) is 0 Å². The maximum absolute atomic E-state index is 12.1. The highest BCUT2D eigenvalue weighted by Gasteiger charge is 2.21. The Kier molecular flexibility index (Phi) is 5.97. The molecule has 156 valence electrons. The van der Waals surface area contributed by atoms with E-state index in [1.54, 1.807) is 6.20 Å². The second kappa shape index (κ2) is 9.16. The summed E-state index contributed by atoms with van der Waals surface area (Å²) in [5.74, 6) is 0.592. The number of amides is 3. The van der Waals surface area contributed by atoms with Crippen LogP contribution in [-0.4, -0.2) is 69.1 Å². The van der Waals surface area contributed by atoms with Crippen LogP contribution in [0.2, 0.25) is 0 Å². The summed E-state index contributed by atoms with van der Waals surface area (Å²) in [6, 6.07) is 5.74. The largest absolute Gasteiger partial charge is 0.356 e. The number of hydrogen-bond donors (Lipinski definition) is 4. The zero-order valence-corrected chi connectivity index (χ0v) is 16.3. The predicted octanol–water partition coefficient (Wildman–Crippen LogP) is 0.446. The van der Waals surface area contributed by atoms with Crippen molar-refractivity contribution in [3.05, 3.63) is 42.7 Å². The monoisotopic (exact) mass is 409 g/mol. The van der Waals surface area contributed by atoms with Gasteiger partial charge in [0, 0.05) is 38.4 Å². The number of carbonyl (C=O) groups excluding carboxylic acids is 2. The lowest BCUT2D eigenvalue weighted by molar-refractivity contribution is 0.0943. The average molecular weight is 409 g/mol. The van der Waals surface area contributed by atoms with Gasteiger partial charge in [0.25, 0.3) is 5.91 Å². The van der Waals surface area contributed by atoms with Crippen molar-refractivity contribution in [1.29, 1.82) is 0 Å². The molecule has 30 heavy (non-hydrogen) atoms. The molecule has 4 heterocycles. The van der Waals surface area contributed by atoms with E-state index >= 15 is 0 Å². The van der Waals surface area contributed by atoms with E-state index in [2.05, 4.69) is 45.8 Å². The van der Waals surface area contributed by atoms with Gasteiger partial charge >= 0.3 is 6.03 Å². The molecule has 0 saturated carbocycles. The molecule has 0 aromatic carbocycles. The van der Waals surface area contributed by atoms with Gasteiger partial charge in [0.2, 0.25) is 5.82 Å². The second-order valence-electron chi connectivity index (χ2n) is 6.94. The normalized spacial score (nSPS) is 14.5. The molecule has 4 rings (SSSR count). The predicted molar refractivity (Wildman–Crippen MR) is 110 cm³/mol. The van der Waals surface area contributed by atoms with Gasteiger partial charge in [-0.1, -0.05) is 6.07 Å². The van der Waals surface area contributed by atoms with Crippen molar-refractivity contribution in [2.24, 2.45) is 0 Å². The number of nitrogens with zero attached hydrogens (tertiary/aromatic N) is 5. The summed E-state index contributed by atoms with van der Waals surface area (Å²) in [5, 5.41) is 8.42. The number of imidazole rings is 1. The summed E-state index contributed by atoms with van der Waals surface area (Å²) in [5.41, 5.74) is 1.09. The van der Waals surface area contributed by atoms with Gasteiger partial charge in [-0.25, -0.2) is 24.7 Å². The van der Waals surface area contributed by atoms with E-state index < -0.39 is 5.91 Å². The third kappa shape index (κ3) is 4.80. The first-order chi connectivity index (χ1) is 14.7. The minimum Gasteiger partial charge on any atom is -0.356 e. The zero-order chi connectivity index (χ0) is 20.8. The van der Waals surface area contributed by atoms with Crippen molar-refractivity contribution in [2.45, 2.75) is 18.9 Å². The number of aromatic nitrogens is 5. The smallest absolute Gasteiger partial charge is 0.315 e. The van der Waals surface area contributed by atoms with Crippen molar-refractivity contribution < 1.29 is 9.59 Å². The van der Waals surface area contributed by atoms with E-state index in [-0.39, 0.29) is 24.4 Å². The molecule has 1 aliphatic rings. The third-order valence-electron chi connectivity index (χ3n) is 4.88. The summed E-state index contributed by atoms with van der Waals surface area (Å²) in [6.07, 6.45) is 6.50. The first-order valence-corrected chi connectivity index (χ1v) is 9.84. The number of anilines is 1. The highest BCUT2D eigenvalue weighted by Crippen LogP contribution is 2.17. The van der Waals surface area contributed by atoms with Crippen molar-refractivity contribution in [1.82, 2.24) is 40.9 Å². The maximum atomic E-state index is 12.1. The fourth-order valence-electron chi connectivity index (χ4n) is 3.31. The minimum atomic E-state index is -0.413. The number of carbonyl (C=O) groups is 2. The molecule has 3 aromatic heterocycles. The van der Waals surface area contributed by atoms with E-state index in [0.29, 0.717) is 17.7 Å². The summed E-state index contributed by atoms with van der Waals surface area (Å²) >= 11 is 0. The second-order valence-corrected chi connectivity index (χ2v) is 6.94. The van der Waals surface area contributed by atoms with Crippen LogP contribution in [0.4, 0.5) is 10.6 Å². The van der Waals surface area contributed by atoms with E-state index in [4.69, 9.17) is 0 Å². The number of nitrogens with one attached hydrogen (secondary N) is 4. The highest BCUT2D eigenvalue weighted by molar-refractivity contribution is 5.91. The minimum absolute atomic E-state index is 0.0405. The highest BCUT2D eigenvalue weighted by atomic mass is 16.2. The van der Waals surface area contributed by atoms with Gasteiger partial charge in [0.15, 0.2) is 5.65 Å². The number of urea groups is 1. The number of fused-ring (bicyclic) bond motifs is 1.